The van der Waals surface area contributed by atoms with Gasteiger partial charge in [-0.25, -0.2) is 0 Å². The highest BCUT2D eigenvalue weighted by atomic mass is 16.5. The van der Waals surface area contributed by atoms with Gasteiger partial charge in [-0.2, -0.15) is 0 Å². The molecule has 1 aliphatic rings. The number of hydrogen-bond donors (Lipinski definition) is 1. The van der Waals surface area contributed by atoms with Crippen molar-refractivity contribution in [3.63, 3.8) is 0 Å². The number of amides is 1. The number of nitrogens with one attached hydrogen (secondary N) is 1. The molecule has 3 rings (SSSR count). The highest BCUT2D eigenvalue weighted by molar-refractivity contribution is 5.86. The maximum atomic E-state index is 12.7. The van der Waals surface area contributed by atoms with Gasteiger partial charge in [-0.15, -0.1) is 0 Å². The summed E-state index contributed by atoms with van der Waals surface area (Å²) in [6, 6.07) is 14.0. The third kappa shape index (κ3) is 5.03. The maximum absolute atomic E-state index is 12.7. The van der Waals surface area contributed by atoms with Gasteiger partial charge in [0.15, 0.2) is 5.96 Å². The Morgan fingerprint density at radius 2 is 1.93 bits per heavy atom. The number of fused-ring (bicyclic) bond motifs is 1. The molecule has 7 heteroatoms. The minimum Gasteiger partial charge on any atom is -0.497 e. The largest absolute Gasteiger partial charge is 0.497 e. The van der Waals surface area contributed by atoms with Gasteiger partial charge >= 0.3 is 0 Å². The fraction of sp³-hybridized carbons (Fsp3) is 0.391. The second-order valence-corrected chi connectivity index (χ2v) is 7.27. The van der Waals surface area contributed by atoms with Gasteiger partial charge in [-0.3, -0.25) is 9.79 Å². The van der Waals surface area contributed by atoms with Crippen LogP contribution in [0.1, 0.15) is 16.7 Å². The number of ether oxygens (including phenoxy) is 2. The minimum atomic E-state index is 0.0704. The summed E-state index contributed by atoms with van der Waals surface area (Å²) in [7, 11) is 6.91. The van der Waals surface area contributed by atoms with Crippen LogP contribution >= 0.6 is 0 Å². The number of aliphatic imine (C=N–C) groups is 1. The SMILES string of the molecule is CN=C(NCC(=O)N1CCc2ccccc2C1)N(C)Cc1ccc(OC)cc1OC. The third-order valence-electron chi connectivity index (χ3n) is 5.36. The van der Waals surface area contributed by atoms with Crippen LogP contribution in [-0.2, 0) is 24.3 Å². The van der Waals surface area contributed by atoms with E-state index in [1.807, 2.05) is 41.1 Å². The monoisotopic (exact) mass is 410 g/mol. The fourth-order valence-electron chi connectivity index (χ4n) is 3.67. The second-order valence-electron chi connectivity index (χ2n) is 7.27. The van der Waals surface area contributed by atoms with Crippen LogP contribution in [-0.4, -0.2) is 63.1 Å². The first kappa shape index (κ1) is 21.5. The summed E-state index contributed by atoms with van der Waals surface area (Å²) in [5, 5.41) is 3.19. The van der Waals surface area contributed by atoms with Gasteiger partial charge < -0.3 is 24.6 Å². The van der Waals surface area contributed by atoms with E-state index in [9.17, 15) is 4.79 Å². The summed E-state index contributed by atoms with van der Waals surface area (Å²) < 4.78 is 10.7. The Morgan fingerprint density at radius 1 is 1.17 bits per heavy atom. The molecular formula is C23H30N4O3. The van der Waals surface area contributed by atoms with Crippen LogP contribution in [0.5, 0.6) is 11.5 Å². The molecule has 0 saturated heterocycles. The van der Waals surface area contributed by atoms with E-state index in [4.69, 9.17) is 9.47 Å². The van der Waals surface area contributed by atoms with E-state index >= 15 is 0 Å². The predicted molar refractivity (Wildman–Crippen MR) is 118 cm³/mol. The van der Waals surface area contributed by atoms with E-state index in [0.717, 1.165) is 30.0 Å². The zero-order chi connectivity index (χ0) is 21.5. The van der Waals surface area contributed by atoms with Crippen molar-refractivity contribution in [1.29, 1.82) is 0 Å². The van der Waals surface area contributed by atoms with Crippen LogP contribution in [0.25, 0.3) is 0 Å². The smallest absolute Gasteiger partial charge is 0.242 e. The Bertz CT molecular complexity index is 913. The lowest BCUT2D eigenvalue weighted by Gasteiger charge is -2.30. The summed E-state index contributed by atoms with van der Waals surface area (Å²) in [5.41, 5.74) is 3.56. The minimum absolute atomic E-state index is 0.0704. The molecule has 7 nitrogen and oxygen atoms in total. The molecule has 1 aliphatic heterocycles. The first-order valence-electron chi connectivity index (χ1n) is 10.0. The van der Waals surface area contributed by atoms with Gasteiger partial charge in [0.2, 0.25) is 5.91 Å². The van der Waals surface area contributed by atoms with Gasteiger partial charge in [0.05, 0.1) is 20.8 Å². The zero-order valence-corrected chi connectivity index (χ0v) is 18.1. The molecule has 0 bridgehead atoms. The number of methoxy groups -OCH3 is 2. The van der Waals surface area contributed by atoms with Crippen LogP contribution in [0, 0.1) is 0 Å². The molecular weight excluding hydrogens is 380 g/mol. The van der Waals surface area contributed by atoms with Crippen LogP contribution < -0.4 is 14.8 Å². The molecule has 1 N–H and O–H groups in total. The third-order valence-corrected chi connectivity index (χ3v) is 5.36. The van der Waals surface area contributed by atoms with E-state index in [0.29, 0.717) is 19.0 Å². The Morgan fingerprint density at radius 3 is 2.63 bits per heavy atom. The Labute approximate surface area is 178 Å². The highest BCUT2D eigenvalue weighted by Gasteiger charge is 2.21. The summed E-state index contributed by atoms with van der Waals surface area (Å²) >= 11 is 0. The van der Waals surface area contributed by atoms with Gasteiger partial charge in [0, 0.05) is 45.4 Å². The van der Waals surface area contributed by atoms with Gasteiger partial charge in [-0.05, 0) is 29.7 Å². The second kappa shape index (κ2) is 10.0. The van der Waals surface area contributed by atoms with Crippen LogP contribution in [0.2, 0.25) is 0 Å². The topological polar surface area (TPSA) is 66.4 Å². The van der Waals surface area contributed by atoms with Crippen molar-refractivity contribution in [2.75, 3.05) is 41.4 Å². The number of carbonyl (C=O) groups excluding carboxylic acids is 1. The number of hydrogen-bond acceptors (Lipinski definition) is 4. The van der Waals surface area contributed by atoms with Crippen LogP contribution in [0.3, 0.4) is 0 Å². The van der Waals surface area contributed by atoms with Crippen molar-refractivity contribution in [3.05, 3.63) is 59.2 Å². The normalized spacial score (nSPS) is 13.5. The van der Waals surface area contributed by atoms with E-state index in [2.05, 4.69) is 28.5 Å². The molecule has 0 spiro atoms. The molecule has 160 valence electrons. The average Bonchev–Trinajstić information content (AvgIpc) is 2.79. The molecule has 2 aromatic carbocycles. The van der Waals surface area contributed by atoms with Gasteiger partial charge in [0.1, 0.15) is 11.5 Å². The van der Waals surface area contributed by atoms with Gasteiger partial charge in [0.25, 0.3) is 0 Å². The standard InChI is InChI=1S/C23H30N4O3/c1-24-23(26(2)15-19-9-10-20(29-3)13-21(19)30-4)25-14-22(28)27-12-11-17-7-5-6-8-18(17)16-27/h5-10,13H,11-12,14-16H2,1-4H3,(H,24,25). The highest BCUT2D eigenvalue weighted by Crippen LogP contribution is 2.25. The van der Waals surface area contributed by atoms with Crippen molar-refractivity contribution in [1.82, 2.24) is 15.1 Å². The molecule has 0 fully saturated rings. The first-order valence-corrected chi connectivity index (χ1v) is 10.0. The lowest BCUT2D eigenvalue weighted by molar-refractivity contribution is -0.130. The molecule has 0 saturated carbocycles. The lowest BCUT2D eigenvalue weighted by atomic mass is 10.00. The lowest BCUT2D eigenvalue weighted by Crippen LogP contribution is -2.46. The summed E-state index contributed by atoms with van der Waals surface area (Å²) in [6.07, 6.45) is 0.897. The Hall–Kier alpha value is -3.22. The number of nitrogens with zero attached hydrogens (tertiary/aromatic N) is 3. The molecule has 0 atom stereocenters. The molecule has 1 amide bonds. The first-order chi connectivity index (χ1) is 14.5. The van der Waals surface area contributed by atoms with Crippen molar-refractivity contribution in [2.45, 2.75) is 19.5 Å². The molecule has 0 aromatic heterocycles. The molecule has 1 heterocycles. The summed E-state index contributed by atoms with van der Waals surface area (Å²) in [4.78, 5) is 20.9. The number of benzene rings is 2. The van der Waals surface area contributed by atoms with E-state index in [-0.39, 0.29) is 12.5 Å². The maximum Gasteiger partial charge on any atom is 0.242 e. The fourth-order valence-corrected chi connectivity index (χ4v) is 3.67. The Balaban J connectivity index is 1.57. The van der Waals surface area contributed by atoms with E-state index in [1.54, 1.807) is 21.3 Å². The van der Waals surface area contributed by atoms with Crippen molar-refractivity contribution >= 4 is 11.9 Å². The Kier molecular flexibility index (Phi) is 7.17. The molecule has 30 heavy (non-hydrogen) atoms. The van der Waals surface area contributed by atoms with Crippen LogP contribution in [0.4, 0.5) is 0 Å². The quantitative estimate of drug-likeness (QED) is 0.585. The molecule has 0 radical (unpaired) electrons. The molecule has 2 aromatic rings. The zero-order valence-electron chi connectivity index (χ0n) is 18.1. The van der Waals surface area contributed by atoms with Crippen molar-refractivity contribution in [3.8, 4) is 11.5 Å². The van der Waals surface area contributed by atoms with Crippen LogP contribution in [0.15, 0.2) is 47.5 Å². The average molecular weight is 411 g/mol. The summed E-state index contributed by atoms with van der Waals surface area (Å²) in [6.45, 7) is 2.19. The number of guanidine groups is 1. The predicted octanol–water partition coefficient (Wildman–Crippen LogP) is 2.30. The van der Waals surface area contributed by atoms with Crippen molar-refractivity contribution < 1.29 is 14.3 Å². The molecule has 0 unspecified atom stereocenters. The number of rotatable bonds is 6. The molecule has 0 aliphatic carbocycles. The van der Waals surface area contributed by atoms with Gasteiger partial charge in [-0.1, -0.05) is 24.3 Å². The summed E-state index contributed by atoms with van der Waals surface area (Å²) in [5.74, 6) is 2.22. The van der Waals surface area contributed by atoms with E-state index in [1.165, 1.54) is 11.1 Å². The number of carbonyl (C=O) groups is 1. The van der Waals surface area contributed by atoms with E-state index < -0.39 is 0 Å². The van der Waals surface area contributed by atoms with Crippen molar-refractivity contribution in [2.24, 2.45) is 4.99 Å².